The summed E-state index contributed by atoms with van der Waals surface area (Å²) in [5.74, 6) is -0.482. The quantitative estimate of drug-likeness (QED) is 0.549. The first-order valence-corrected chi connectivity index (χ1v) is 11.3. The molecule has 0 saturated heterocycles. The molecule has 0 spiro atoms. The number of esters is 1. The number of carbonyl (C=O) groups is 2. The largest absolute Gasteiger partial charge is 0.461 e. The minimum Gasteiger partial charge on any atom is -0.461 e. The van der Waals surface area contributed by atoms with Gasteiger partial charge >= 0.3 is 5.97 Å². The number of nitrogens with zero attached hydrogens (tertiary/aromatic N) is 1. The number of amides is 1. The Labute approximate surface area is 185 Å². The van der Waals surface area contributed by atoms with E-state index >= 15 is 0 Å². The molecule has 2 heterocycles. The van der Waals surface area contributed by atoms with Crippen LogP contribution in [-0.2, 0) is 28.9 Å². The van der Waals surface area contributed by atoms with Gasteiger partial charge < -0.3 is 15.4 Å². The number of carbonyl (C=O) groups excluding carboxylic acids is 2. The molecule has 7 heteroatoms. The summed E-state index contributed by atoms with van der Waals surface area (Å²) in [5.41, 5.74) is 3.47. The van der Waals surface area contributed by atoms with E-state index in [2.05, 4.69) is 15.6 Å². The van der Waals surface area contributed by atoms with E-state index in [1.165, 1.54) is 11.3 Å². The fourth-order valence-electron chi connectivity index (χ4n) is 3.65. The van der Waals surface area contributed by atoms with E-state index in [0.717, 1.165) is 33.1 Å². The summed E-state index contributed by atoms with van der Waals surface area (Å²) in [5, 5.41) is 7.18. The minimum atomic E-state index is -0.424. The van der Waals surface area contributed by atoms with Crippen LogP contribution in [0.1, 0.15) is 44.8 Å². The predicted molar refractivity (Wildman–Crippen MR) is 121 cm³/mol. The van der Waals surface area contributed by atoms with Gasteiger partial charge in [-0.15, -0.1) is 11.3 Å². The van der Waals surface area contributed by atoms with E-state index in [0.29, 0.717) is 31.7 Å². The van der Waals surface area contributed by atoms with Crippen molar-refractivity contribution in [1.82, 2.24) is 10.3 Å². The summed E-state index contributed by atoms with van der Waals surface area (Å²) in [6, 6.07) is 17.5. The molecule has 1 atom stereocenters. The third-order valence-electron chi connectivity index (χ3n) is 5.21. The van der Waals surface area contributed by atoms with Crippen LogP contribution >= 0.6 is 11.3 Å². The maximum Gasteiger partial charge on any atom is 0.358 e. The fraction of sp³-hybridized carbons (Fsp3) is 0.292. The summed E-state index contributed by atoms with van der Waals surface area (Å²) in [6.45, 7) is 2.45. The molecule has 6 nitrogen and oxygen atoms in total. The van der Waals surface area contributed by atoms with Gasteiger partial charge in [-0.3, -0.25) is 4.79 Å². The lowest BCUT2D eigenvalue weighted by atomic mass is 10.1. The lowest BCUT2D eigenvalue weighted by molar-refractivity contribution is -0.118. The molecular formula is C24H25N3O3S. The Hall–Kier alpha value is -3.03. The predicted octanol–water partition coefficient (Wildman–Crippen LogP) is 3.95. The van der Waals surface area contributed by atoms with Crippen molar-refractivity contribution in [2.45, 2.75) is 38.8 Å². The zero-order valence-electron chi connectivity index (χ0n) is 17.4. The highest BCUT2D eigenvalue weighted by atomic mass is 32.1. The number of aryl methyl sites for hydroxylation is 1. The highest BCUT2D eigenvalue weighted by Gasteiger charge is 2.25. The molecule has 1 aliphatic heterocycles. The van der Waals surface area contributed by atoms with Crippen molar-refractivity contribution in [3.63, 3.8) is 0 Å². The van der Waals surface area contributed by atoms with Gasteiger partial charge in [0.15, 0.2) is 5.69 Å². The molecule has 1 unspecified atom stereocenters. The van der Waals surface area contributed by atoms with Gasteiger partial charge in [0, 0.05) is 18.7 Å². The number of hydrogen-bond acceptors (Lipinski definition) is 6. The standard InChI is InChI=1S/C24H25N3O3S/c1-2-30-24(29)22-20(31-21(27-22)14-16-8-4-3-5-9-16)15-25-19-13-12-17-10-6-7-11-18(17)26-23(19)28/h3-11,19,25H,2,12-15H2,1H3,(H,26,28). The number of hydrogen-bond donors (Lipinski definition) is 2. The number of benzene rings is 2. The average Bonchev–Trinajstić information content (AvgIpc) is 3.10. The Morgan fingerprint density at radius 2 is 1.97 bits per heavy atom. The molecule has 3 aromatic rings. The van der Waals surface area contributed by atoms with Crippen LogP contribution in [0.25, 0.3) is 0 Å². The van der Waals surface area contributed by atoms with E-state index in [4.69, 9.17) is 4.74 Å². The number of rotatable bonds is 7. The zero-order valence-corrected chi connectivity index (χ0v) is 18.2. The number of thiazole rings is 1. The Bertz CT molecular complexity index is 1060. The van der Waals surface area contributed by atoms with Gasteiger partial charge in [0.1, 0.15) is 0 Å². The van der Waals surface area contributed by atoms with Gasteiger partial charge in [-0.25, -0.2) is 9.78 Å². The molecule has 0 aliphatic carbocycles. The maximum atomic E-state index is 12.7. The second kappa shape index (κ2) is 9.85. The first-order valence-electron chi connectivity index (χ1n) is 10.5. The summed E-state index contributed by atoms with van der Waals surface area (Å²) < 4.78 is 5.21. The van der Waals surface area contributed by atoms with Gasteiger partial charge in [0.2, 0.25) is 5.91 Å². The topological polar surface area (TPSA) is 80.3 Å². The van der Waals surface area contributed by atoms with Gasteiger partial charge in [0.25, 0.3) is 0 Å². The van der Waals surface area contributed by atoms with Crippen molar-refractivity contribution in [3.05, 3.63) is 81.3 Å². The van der Waals surface area contributed by atoms with Crippen LogP contribution in [0.4, 0.5) is 5.69 Å². The lowest BCUT2D eigenvalue weighted by Crippen LogP contribution is -2.39. The van der Waals surface area contributed by atoms with Crippen LogP contribution in [0, 0.1) is 0 Å². The van der Waals surface area contributed by atoms with E-state index < -0.39 is 5.97 Å². The van der Waals surface area contributed by atoms with Crippen molar-refractivity contribution in [3.8, 4) is 0 Å². The number of anilines is 1. The van der Waals surface area contributed by atoms with Gasteiger partial charge in [-0.2, -0.15) is 0 Å². The van der Waals surface area contributed by atoms with Gasteiger partial charge in [-0.1, -0.05) is 48.5 Å². The monoisotopic (exact) mass is 435 g/mol. The number of aromatic nitrogens is 1. The van der Waals surface area contributed by atoms with Crippen molar-refractivity contribution >= 4 is 28.9 Å². The van der Waals surface area contributed by atoms with Crippen LogP contribution < -0.4 is 10.6 Å². The van der Waals surface area contributed by atoms with E-state index in [9.17, 15) is 9.59 Å². The van der Waals surface area contributed by atoms with E-state index in [1.54, 1.807) is 6.92 Å². The smallest absolute Gasteiger partial charge is 0.358 e. The van der Waals surface area contributed by atoms with Crippen molar-refractivity contribution in [2.24, 2.45) is 0 Å². The molecule has 2 aromatic carbocycles. The molecule has 160 valence electrons. The summed E-state index contributed by atoms with van der Waals surface area (Å²) in [4.78, 5) is 30.5. The Kier molecular flexibility index (Phi) is 6.74. The second-order valence-corrected chi connectivity index (χ2v) is 8.55. The average molecular weight is 436 g/mol. The van der Waals surface area contributed by atoms with Crippen molar-refractivity contribution in [1.29, 1.82) is 0 Å². The minimum absolute atomic E-state index is 0.0586. The second-order valence-electron chi connectivity index (χ2n) is 7.38. The third-order valence-corrected chi connectivity index (χ3v) is 6.27. The normalized spacial score (nSPS) is 15.6. The molecule has 1 aromatic heterocycles. The molecule has 4 rings (SSSR count). The first kappa shape index (κ1) is 21.2. The van der Waals surface area contributed by atoms with Gasteiger partial charge in [-0.05, 0) is 37.0 Å². The number of fused-ring (bicyclic) bond motifs is 1. The highest BCUT2D eigenvalue weighted by molar-refractivity contribution is 7.12. The summed E-state index contributed by atoms with van der Waals surface area (Å²) in [7, 11) is 0. The van der Waals surface area contributed by atoms with E-state index in [-0.39, 0.29) is 11.9 Å². The molecule has 0 radical (unpaired) electrons. The summed E-state index contributed by atoms with van der Waals surface area (Å²) in [6.07, 6.45) is 2.14. The Morgan fingerprint density at radius 1 is 1.19 bits per heavy atom. The van der Waals surface area contributed by atoms with Crippen molar-refractivity contribution < 1.29 is 14.3 Å². The lowest BCUT2D eigenvalue weighted by Gasteiger charge is -2.15. The molecule has 0 fully saturated rings. The van der Waals surface area contributed by atoms with Crippen LogP contribution in [0.2, 0.25) is 0 Å². The van der Waals surface area contributed by atoms with Crippen LogP contribution in [0.5, 0.6) is 0 Å². The maximum absolute atomic E-state index is 12.7. The number of para-hydroxylation sites is 1. The van der Waals surface area contributed by atoms with Crippen molar-refractivity contribution in [2.75, 3.05) is 11.9 Å². The molecular weight excluding hydrogens is 410 g/mol. The third kappa shape index (κ3) is 5.18. The van der Waals surface area contributed by atoms with Crippen LogP contribution in [-0.4, -0.2) is 29.5 Å². The Balaban J connectivity index is 1.49. The molecule has 1 amide bonds. The fourth-order valence-corrected chi connectivity index (χ4v) is 4.69. The first-order chi connectivity index (χ1) is 15.1. The number of ether oxygens (including phenoxy) is 1. The molecule has 0 saturated carbocycles. The molecule has 1 aliphatic rings. The molecule has 2 N–H and O–H groups in total. The SMILES string of the molecule is CCOC(=O)c1nc(Cc2ccccc2)sc1CNC1CCc2ccccc2NC1=O. The summed E-state index contributed by atoms with van der Waals surface area (Å²) >= 11 is 1.48. The van der Waals surface area contributed by atoms with Crippen LogP contribution in [0.15, 0.2) is 54.6 Å². The molecule has 31 heavy (non-hydrogen) atoms. The Morgan fingerprint density at radius 3 is 2.77 bits per heavy atom. The number of nitrogens with one attached hydrogen (secondary N) is 2. The van der Waals surface area contributed by atoms with Crippen LogP contribution in [0.3, 0.4) is 0 Å². The van der Waals surface area contributed by atoms with E-state index in [1.807, 2.05) is 54.6 Å². The highest BCUT2D eigenvalue weighted by Crippen LogP contribution is 2.24. The zero-order chi connectivity index (χ0) is 21.6. The van der Waals surface area contributed by atoms with Gasteiger partial charge in [0.05, 0.1) is 22.5 Å². The molecule has 0 bridgehead atoms.